The van der Waals surface area contributed by atoms with Crippen molar-refractivity contribution in [2.75, 3.05) is 19.8 Å². The van der Waals surface area contributed by atoms with Crippen LogP contribution in [0.3, 0.4) is 0 Å². The minimum atomic E-state index is 0.246. The first-order valence-electron chi connectivity index (χ1n) is 11.6. The minimum absolute atomic E-state index is 0.246. The number of ether oxygens (including phenoxy) is 1. The van der Waals surface area contributed by atoms with E-state index < -0.39 is 0 Å². The Labute approximate surface area is 215 Å². The second-order valence-electron chi connectivity index (χ2n) is 8.30. The molecule has 33 heavy (non-hydrogen) atoms. The van der Waals surface area contributed by atoms with E-state index in [1.165, 1.54) is 11.1 Å². The van der Waals surface area contributed by atoms with Crippen LogP contribution in [0.1, 0.15) is 36.0 Å². The molecule has 3 nitrogen and oxygen atoms in total. The largest absolute Gasteiger partial charge is 0.396 e. The number of aliphatic hydroxyl groups excluding tert-OH is 1. The van der Waals surface area contributed by atoms with Gasteiger partial charge in [0.05, 0.1) is 13.2 Å². The maximum absolute atomic E-state index is 9.21. The van der Waals surface area contributed by atoms with Crippen molar-refractivity contribution >= 4 is 31.9 Å². The normalized spacial score (nSPS) is 12.2. The fourth-order valence-corrected chi connectivity index (χ4v) is 4.75. The van der Waals surface area contributed by atoms with Crippen LogP contribution in [0.2, 0.25) is 0 Å². The number of aliphatic hydroxyl groups is 1. The molecule has 5 heteroatoms. The zero-order valence-corrected chi connectivity index (χ0v) is 22.2. The van der Waals surface area contributed by atoms with E-state index in [1.807, 2.05) is 12.1 Å². The van der Waals surface area contributed by atoms with Crippen molar-refractivity contribution in [3.63, 3.8) is 0 Å². The van der Waals surface area contributed by atoms with Gasteiger partial charge in [-0.05, 0) is 61.1 Å². The van der Waals surface area contributed by atoms with Crippen molar-refractivity contribution < 1.29 is 9.84 Å². The van der Waals surface area contributed by atoms with E-state index in [2.05, 4.69) is 103 Å². The van der Waals surface area contributed by atoms with Crippen molar-refractivity contribution in [2.24, 2.45) is 0 Å². The number of benzene rings is 3. The molecule has 0 radical (unpaired) electrons. The van der Waals surface area contributed by atoms with Gasteiger partial charge in [0.2, 0.25) is 0 Å². The Hall–Kier alpha value is -1.50. The van der Waals surface area contributed by atoms with Crippen LogP contribution >= 0.6 is 31.9 Å². The summed E-state index contributed by atoms with van der Waals surface area (Å²) in [6.07, 6.45) is 3.87. The van der Waals surface area contributed by atoms with Crippen molar-refractivity contribution in [3.8, 4) is 0 Å². The van der Waals surface area contributed by atoms with Crippen LogP contribution < -0.4 is 0 Å². The van der Waals surface area contributed by atoms with Gasteiger partial charge in [-0.1, -0.05) is 98.6 Å². The van der Waals surface area contributed by atoms with Gasteiger partial charge >= 0.3 is 0 Å². The predicted octanol–water partition coefficient (Wildman–Crippen LogP) is 7.00. The number of unbranched alkanes of at least 4 members (excludes halogenated alkanes) is 2. The van der Waals surface area contributed by atoms with Crippen LogP contribution in [-0.4, -0.2) is 35.8 Å². The topological polar surface area (TPSA) is 32.7 Å². The summed E-state index contributed by atoms with van der Waals surface area (Å²) in [5, 5.41) is 9.21. The third-order valence-electron chi connectivity index (χ3n) is 5.79. The highest BCUT2D eigenvalue weighted by Gasteiger charge is 2.21. The van der Waals surface area contributed by atoms with Gasteiger partial charge in [0.1, 0.15) is 0 Å². The first-order chi connectivity index (χ1) is 16.2. The molecule has 0 aromatic heterocycles. The molecule has 3 aromatic carbocycles. The van der Waals surface area contributed by atoms with E-state index in [4.69, 9.17) is 4.74 Å². The Morgan fingerprint density at radius 3 is 2.06 bits per heavy atom. The fraction of sp³-hybridized carbons (Fsp3) is 0.357. The summed E-state index contributed by atoms with van der Waals surface area (Å²) in [4.78, 5) is 2.55. The van der Waals surface area contributed by atoms with E-state index in [0.29, 0.717) is 13.2 Å². The van der Waals surface area contributed by atoms with Crippen LogP contribution in [-0.2, 0) is 24.3 Å². The molecule has 1 N–H and O–H groups in total. The highest BCUT2D eigenvalue weighted by atomic mass is 79.9. The monoisotopic (exact) mass is 573 g/mol. The standard InChI is InChI=1S/C28H33Br2NO2/c29-27-15-7-5-13-24(27)20-31(17-9-2-10-18-32)26(19-23-11-3-1-4-12-23)22-33-21-25-14-6-8-16-28(25)30/h1,3-8,11-16,26,32H,2,9-10,17-22H2. The Morgan fingerprint density at radius 2 is 1.39 bits per heavy atom. The molecule has 0 amide bonds. The van der Waals surface area contributed by atoms with E-state index in [0.717, 1.165) is 53.3 Å². The minimum Gasteiger partial charge on any atom is -0.396 e. The molecule has 0 aliphatic carbocycles. The molecule has 176 valence electrons. The predicted molar refractivity (Wildman–Crippen MR) is 143 cm³/mol. The average molecular weight is 575 g/mol. The van der Waals surface area contributed by atoms with E-state index in [9.17, 15) is 5.11 Å². The van der Waals surface area contributed by atoms with Gasteiger partial charge < -0.3 is 9.84 Å². The Bertz CT molecular complexity index is 951. The molecule has 0 bridgehead atoms. The Balaban J connectivity index is 1.76. The molecule has 3 rings (SSSR count). The first-order valence-corrected chi connectivity index (χ1v) is 13.2. The molecule has 0 fully saturated rings. The number of nitrogens with zero attached hydrogens (tertiary/aromatic N) is 1. The zero-order valence-electron chi connectivity index (χ0n) is 19.0. The van der Waals surface area contributed by atoms with Crippen LogP contribution in [0.25, 0.3) is 0 Å². The maximum atomic E-state index is 9.21. The molecular weight excluding hydrogens is 542 g/mol. The molecule has 1 unspecified atom stereocenters. The second-order valence-corrected chi connectivity index (χ2v) is 10.0. The molecule has 0 spiro atoms. The zero-order chi connectivity index (χ0) is 23.3. The highest BCUT2D eigenvalue weighted by molar-refractivity contribution is 9.10. The molecular formula is C28H33Br2NO2. The van der Waals surface area contributed by atoms with E-state index in [-0.39, 0.29) is 12.6 Å². The number of hydrogen-bond acceptors (Lipinski definition) is 3. The quantitative estimate of drug-likeness (QED) is 0.210. The van der Waals surface area contributed by atoms with E-state index in [1.54, 1.807) is 0 Å². The van der Waals surface area contributed by atoms with Crippen LogP contribution in [0.5, 0.6) is 0 Å². The summed E-state index contributed by atoms with van der Waals surface area (Å²) in [5.41, 5.74) is 3.76. The lowest BCUT2D eigenvalue weighted by molar-refractivity contribution is 0.0451. The summed E-state index contributed by atoms with van der Waals surface area (Å²) in [6, 6.07) is 27.6. The summed E-state index contributed by atoms with van der Waals surface area (Å²) >= 11 is 7.36. The fourth-order valence-electron chi connectivity index (χ4n) is 3.94. The van der Waals surface area contributed by atoms with Gasteiger partial charge in [0.25, 0.3) is 0 Å². The smallest absolute Gasteiger partial charge is 0.0728 e. The van der Waals surface area contributed by atoms with E-state index >= 15 is 0 Å². The molecule has 3 aromatic rings. The molecule has 0 aliphatic heterocycles. The third kappa shape index (κ3) is 8.99. The number of rotatable bonds is 14. The lowest BCUT2D eigenvalue weighted by Gasteiger charge is -2.32. The number of halogens is 2. The van der Waals surface area contributed by atoms with Gasteiger partial charge in [-0.3, -0.25) is 4.90 Å². The molecule has 1 atom stereocenters. The molecule has 0 aliphatic rings. The summed E-state index contributed by atoms with van der Waals surface area (Å²) in [6.45, 7) is 3.32. The van der Waals surface area contributed by atoms with Crippen molar-refractivity contribution in [1.82, 2.24) is 4.90 Å². The summed E-state index contributed by atoms with van der Waals surface area (Å²) in [5.74, 6) is 0. The van der Waals surface area contributed by atoms with Crippen molar-refractivity contribution in [3.05, 3.63) is 104 Å². The lowest BCUT2D eigenvalue weighted by Crippen LogP contribution is -2.40. The second kappa shape index (κ2) is 14.7. The van der Waals surface area contributed by atoms with Crippen LogP contribution in [0.4, 0.5) is 0 Å². The third-order valence-corrected chi connectivity index (χ3v) is 7.34. The molecule has 0 heterocycles. The van der Waals surface area contributed by atoms with Gasteiger partial charge in [-0.25, -0.2) is 0 Å². The van der Waals surface area contributed by atoms with Crippen molar-refractivity contribution in [2.45, 2.75) is 44.9 Å². The van der Waals surface area contributed by atoms with Gasteiger partial charge in [0, 0.05) is 28.1 Å². The van der Waals surface area contributed by atoms with Gasteiger partial charge in [0.15, 0.2) is 0 Å². The van der Waals surface area contributed by atoms with Crippen LogP contribution in [0.15, 0.2) is 87.8 Å². The van der Waals surface area contributed by atoms with Gasteiger partial charge in [-0.2, -0.15) is 0 Å². The maximum Gasteiger partial charge on any atom is 0.0728 e. The first kappa shape index (κ1) is 26.1. The number of hydrogen-bond donors (Lipinski definition) is 1. The summed E-state index contributed by atoms with van der Waals surface area (Å²) in [7, 11) is 0. The average Bonchev–Trinajstić information content (AvgIpc) is 2.83. The SMILES string of the molecule is OCCCCCN(Cc1ccccc1Br)C(COCc1ccccc1Br)Cc1ccccc1. The van der Waals surface area contributed by atoms with Crippen molar-refractivity contribution in [1.29, 1.82) is 0 Å². The summed E-state index contributed by atoms with van der Waals surface area (Å²) < 4.78 is 8.51. The molecule has 0 saturated carbocycles. The molecule has 0 saturated heterocycles. The van der Waals surface area contributed by atoms with Gasteiger partial charge in [-0.15, -0.1) is 0 Å². The Morgan fingerprint density at radius 1 is 0.758 bits per heavy atom. The highest BCUT2D eigenvalue weighted by Crippen LogP contribution is 2.22. The lowest BCUT2D eigenvalue weighted by atomic mass is 10.0. The Kier molecular flexibility index (Phi) is 11.6. The van der Waals surface area contributed by atoms with Crippen LogP contribution in [0, 0.1) is 0 Å².